The zero-order valence-corrected chi connectivity index (χ0v) is 15.7. The number of amides is 1. The second kappa shape index (κ2) is 7.52. The molecule has 1 fully saturated rings. The molecule has 1 aromatic heterocycles. The van der Waals surface area contributed by atoms with Crippen LogP contribution < -0.4 is 9.64 Å². The second-order valence-corrected chi connectivity index (χ2v) is 7.20. The molecule has 1 aromatic carbocycles. The van der Waals surface area contributed by atoms with E-state index in [1.165, 1.54) is 11.1 Å². The average molecular weight is 368 g/mol. The quantitative estimate of drug-likeness (QED) is 0.818. The molecule has 0 N–H and O–H groups in total. The molecule has 2 aromatic rings. The van der Waals surface area contributed by atoms with Gasteiger partial charge in [-0.3, -0.25) is 9.78 Å². The Morgan fingerprint density at radius 2 is 2.07 bits per heavy atom. The number of carbonyl (C=O) groups excluding carboxylic acids is 1. The van der Waals surface area contributed by atoms with Crippen LogP contribution in [0.3, 0.4) is 0 Å². The maximum atomic E-state index is 12.9. The number of fused-ring (bicyclic) bond motifs is 1. The van der Waals surface area contributed by atoms with Crippen molar-refractivity contribution in [3.63, 3.8) is 0 Å². The average Bonchev–Trinajstić information content (AvgIpc) is 3.15. The van der Waals surface area contributed by atoms with Gasteiger partial charge < -0.3 is 19.3 Å². The van der Waals surface area contributed by atoms with Gasteiger partial charge in [-0.25, -0.2) is 0 Å². The molecule has 0 saturated carbocycles. The van der Waals surface area contributed by atoms with Crippen molar-refractivity contribution in [1.29, 1.82) is 0 Å². The second-order valence-electron chi connectivity index (χ2n) is 7.20. The van der Waals surface area contributed by atoms with Gasteiger partial charge in [-0.15, -0.1) is 0 Å². The summed E-state index contributed by atoms with van der Waals surface area (Å²) in [4.78, 5) is 25.2. The highest BCUT2D eigenvalue weighted by Gasteiger charge is 2.34. The third-order valence-electron chi connectivity index (χ3n) is 5.04. The van der Waals surface area contributed by atoms with Crippen molar-refractivity contribution in [2.24, 2.45) is 0 Å². The number of hydrogen-bond acceptors (Lipinski definition) is 6. The SMILES string of the molecule is CN(C)c1cncc(O[C@H]2CCN(C(=O)[C@@H]3Cc4ccccc4CO3)C2)n1. The summed E-state index contributed by atoms with van der Waals surface area (Å²) in [6.45, 7) is 1.72. The van der Waals surface area contributed by atoms with Gasteiger partial charge in [-0.1, -0.05) is 24.3 Å². The predicted octanol–water partition coefficient (Wildman–Crippen LogP) is 1.66. The van der Waals surface area contributed by atoms with Crippen molar-refractivity contribution in [2.75, 3.05) is 32.1 Å². The number of nitrogens with zero attached hydrogens (tertiary/aromatic N) is 4. The van der Waals surface area contributed by atoms with Gasteiger partial charge in [0.1, 0.15) is 12.2 Å². The van der Waals surface area contributed by atoms with Gasteiger partial charge in [0.2, 0.25) is 5.88 Å². The summed E-state index contributed by atoms with van der Waals surface area (Å²) in [5.41, 5.74) is 2.37. The first kappa shape index (κ1) is 17.7. The maximum Gasteiger partial charge on any atom is 0.252 e. The number of anilines is 1. The summed E-state index contributed by atoms with van der Waals surface area (Å²) >= 11 is 0. The minimum absolute atomic E-state index is 0.0451. The molecule has 2 atom stereocenters. The summed E-state index contributed by atoms with van der Waals surface area (Å²) in [6.07, 6.45) is 4.23. The maximum absolute atomic E-state index is 12.9. The summed E-state index contributed by atoms with van der Waals surface area (Å²) in [7, 11) is 3.82. The predicted molar refractivity (Wildman–Crippen MR) is 101 cm³/mol. The Bertz CT molecular complexity index is 826. The molecule has 2 aliphatic rings. The number of carbonyl (C=O) groups is 1. The fourth-order valence-corrected chi connectivity index (χ4v) is 3.51. The van der Waals surface area contributed by atoms with Gasteiger partial charge in [-0.05, 0) is 11.1 Å². The first-order valence-electron chi connectivity index (χ1n) is 9.23. The summed E-state index contributed by atoms with van der Waals surface area (Å²) in [5.74, 6) is 1.28. The molecule has 0 spiro atoms. The lowest BCUT2D eigenvalue weighted by molar-refractivity contribution is -0.144. The molecule has 142 valence electrons. The summed E-state index contributed by atoms with van der Waals surface area (Å²) < 4.78 is 11.8. The van der Waals surface area contributed by atoms with Crippen LogP contribution in [-0.2, 0) is 22.6 Å². The largest absolute Gasteiger partial charge is 0.471 e. The zero-order chi connectivity index (χ0) is 18.8. The van der Waals surface area contributed by atoms with Crippen molar-refractivity contribution in [2.45, 2.75) is 31.7 Å². The van der Waals surface area contributed by atoms with Gasteiger partial charge in [0.15, 0.2) is 5.82 Å². The highest BCUT2D eigenvalue weighted by Crippen LogP contribution is 2.24. The van der Waals surface area contributed by atoms with Crippen LogP contribution in [0.25, 0.3) is 0 Å². The highest BCUT2D eigenvalue weighted by atomic mass is 16.5. The first-order chi connectivity index (χ1) is 13.1. The molecule has 0 radical (unpaired) electrons. The molecule has 0 bridgehead atoms. The lowest BCUT2D eigenvalue weighted by Gasteiger charge is -2.28. The molecule has 4 rings (SSSR count). The van der Waals surface area contributed by atoms with Crippen molar-refractivity contribution in [3.05, 3.63) is 47.8 Å². The van der Waals surface area contributed by atoms with Gasteiger partial charge >= 0.3 is 0 Å². The van der Waals surface area contributed by atoms with Crippen LogP contribution in [0, 0.1) is 0 Å². The fourth-order valence-electron chi connectivity index (χ4n) is 3.51. The van der Waals surface area contributed by atoms with E-state index in [1.807, 2.05) is 36.0 Å². The third kappa shape index (κ3) is 3.88. The molecular weight excluding hydrogens is 344 g/mol. The normalized spacial score (nSPS) is 21.6. The molecule has 3 heterocycles. The molecule has 0 aliphatic carbocycles. The number of ether oxygens (including phenoxy) is 2. The molecule has 2 aliphatic heterocycles. The number of benzene rings is 1. The molecule has 0 unspecified atom stereocenters. The molecule has 1 saturated heterocycles. The van der Waals surface area contributed by atoms with Crippen molar-refractivity contribution in [1.82, 2.24) is 14.9 Å². The van der Waals surface area contributed by atoms with E-state index in [0.717, 1.165) is 12.2 Å². The lowest BCUT2D eigenvalue weighted by Crippen LogP contribution is -2.42. The standard InChI is InChI=1S/C20H24N4O3/c1-23(2)18-10-21-11-19(22-18)27-16-7-8-24(12-16)20(25)17-9-14-5-3-4-6-15(14)13-26-17/h3-6,10-11,16-17H,7-9,12-13H2,1-2H3/t16-,17-/m0/s1. The van der Waals surface area contributed by atoms with E-state index in [4.69, 9.17) is 9.47 Å². The molecule has 7 heteroatoms. The number of aromatic nitrogens is 2. The van der Waals surface area contributed by atoms with Gasteiger partial charge in [0.05, 0.1) is 25.5 Å². The van der Waals surface area contributed by atoms with E-state index in [0.29, 0.717) is 32.0 Å². The van der Waals surface area contributed by atoms with Crippen molar-refractivity contribution in [3.8, 4) is 5.88 Å². The van der Waals surface area contributed by atoms with E-state index in [-0.39, 0.29) is 12.0 Å². The first-order valence-corrected chi connectivity index (χ1v) is 9.23. The number of rotatable bonds is 4. The van der Waals surface area contributed by atoms with Crippen LogP contribution in [0.4, 0.5) is 5.82 Å². The van der Waals surface area contributed by atoms with Gasteiger partial charge in [0, 0.05) is 33.5 Å². The van der Waals surface area contributed by atoms with Crippen molar-refractivity contribution < 1.29 is 14.3 Å². The van der Waals surface area contributed by atoms with E-state index < -0.39 is 6.10 Å². The Labute approximate surface area is 158 Å². The molecule has 7 nitrogen and oxygen atoms in total. The third-order valence-corrected chi connectivity index (χ3v) is 5.04. The Morgan fingerprint density at radius 3 is 2.89 bits per heavy atom. The minimum atomic E-state index is -0.407. The van der Waals surface area contributed by atoms with Crippen LogP contribution in [0.2, 0.25) is 0 Å². The molecule has 27 heavy (non-hydrogen) atoms. The van der Waals surface area contributed by atoms with Crippen LogP contribution >= 0.6 is 0 Å². The number of hydrogen-bond donors (Lipinski definition) is 0. The monoisotopic (exact) mass is 368 g/mol. The van der Waals surface area contributed by atoms with E-state index in [2.05, 4.69) is 22.1 Å². The topological polar surface area (TPSA) is 67.8 Å². The Balaban J connectivity index is 1.36. The van der Waals surface area contributed by atoms with Crippen LogP contribution in [0.15, 0.2) is 36.7 Å². The van der Waals surface area contributed by atoms with Crippen LogP contribution in [0.5, 0.6) is 5.88 Å². The zero-order valence-electron chi connectivity index (χ0n) is 15.7. The lowest BCUT2D eigenvalue weighted by atomic mass is 9.98. The Morgan fingerprint density at radius 1 is 1.26 bits per heavy atom. The Hall–Kier alpha value is -2.67. The minimum Gasteiger partial charge on any atom is -0.471 e. The van der Waals surface area contributed by atoms with Gasteiger partial charge in [0.25, 0.3) is 5.91 Å². The smallest absolute Gasteiger partial charge is 0.252 e. The van der Waals surface area contributed by atoms with Crippen molar-refractivity contribution >= 4 is 11.7 Å². The molecular formula is C20H24N4O3. The van der Waals surface area contributed by atoms with E-state index >= 15 is 0 Å². The highest BCUT2D eigenvalue weighted by molar-refractivity contribution is 5.82. The number of likely N-dealkylation sites (tertiary alicyclic amines) is 1. The molecule has 1 amide bonds. The van der Waals surface area contributed by atoms with Crippen LogP contribution in [-0.4, -0.2) is 60.2 Å². The Kier molecular flexibility index (Phi) is 4.94. The summed E-state index contributed by atoms with van der Waals surface area (Å²) in [6, 6.07) is 8.14. The van der Waals surface area contributed by atoms with E-state index in [1.54, 1.807) is 12.4 Å². The van der Waals surface area contributed by atoms with Gasteiger partial charge in [-0.2, -0.15) is 4.98 Å². The summed E-state index contributed by atoms with van der Waals surface area (Å²) in [5, 5.41) is 0. The van der Waals surface area contributed by atoms with E-state index in [9.17, 15) is 4.79 Å². The fraction of sp³-hybridized carbons (Fsp3) is 0.450. The van der Waals surface area contributed by atoms with Crippen LogP contribution in [0.1, 0.15) is 17.5 Å².